The lowest BCUT2D eigenvalue weighted by Gasteiger charge is -2.23. The van der Waals surface area contributed by atoms with E-state index < -0.39 is 0 Å². The first-order valence-electron chi connectivity index (χ1n) is 8.22. The molecule has 1 aliphatic carbocycles. The second kappa shape index (κ2) is 4.85. The second-order valence-electron chi connectivity index (χ2n) is 6.92. The molecule has 1 fully saturated rings. The molecule has 118 valence electrons. The van der Waals surface area contributed by atoms with Crippen LogP contribution in [0.5, 0.6) is 5.75 Å². The minimum Gasteiger partial charge on any atom is -0.508 e. The highest BCUT2D eigenvalue weighted by Gasteiger charge is 2.37. The lowest BCUT2D eigenvalue weighted by atomic mass is 9.92. The van der Waals surface area contributed by atoms with Crippen LogP contribution in [0.4, 0.5) is 5.69 Å². The third-order valence-electron chi connectivity index (χ3n) is 5.11. The Hall–Kier alpha value is -2.29. The van der Waals surface area contributed by atoms with E-state index in [1.807, 2.05) is 17.9 Å². The number of carbonyl (C=O) groups excluding carboxylic acids is 1. The van der Waals surface area contributed by atoms with Gasteiger partial charge < -0.3 is 10.0 Å². The maximum Gasteiger partial charge on any atom is 0.231 e. The Kier molecular flexibility index (Phi) is 3.02. The highest BCUT2D eigenvalue weighted by Crippen LogP contribution is 2.44. The van der Waals surface area contributed by atoms with E-state index in [4.69, 9.17) is 0 Å². The van der Waals surface area contributed by atoms with Crippen molar-refractivity contribution in [2.45, 2.75) is 46.1 Å². The van der Waals surface area contributed by atoms with E-state index in [1.165, 1.54) is 11.1 Å². The number of fused-ring (bicyclic) bond motifs is 3. The first-order chi connectivity index (χ1) is 11.0. The maximum absolute atomic E-state index is 12.9. The normalized spacial score (nSPS) is 16.8. The van der Waals surface area contributed by atoms with Gasteiger partial charge in [-0.05, 0) is 67.5 Å². The van der Waals surface area contributed by atoms with Crippen molar-refractivity contribution in [2.24, 2.45) is 0 Å². The van der Waals surface area contributed by atoms with Crippen molar-refractivity contribution in [2.75, 3.05) is 4.90 Å². The van der Waals surface area contributed by atoms with Crippen LogP contribution in [0.15, 0.2) is 24.3 Å². The van der Waals surface area contributed by atoms with Gasteiger partial charge in [0.15, 0.2) is 0 Å². The predicted octanol–water partition coefficient (Wildman–Crippen LogP) is 4.04. The average Bonchev–Trinajstić information content (AvgIpc) is 3.31. The van der Waals surface area contributed by atoms with Gasteiger partial charge in [-0.1, -0.05) is 12.1 Å². The fourth-order valence-electron chi connectivity index (χ4n) is 3.49. The first-order valence-corrected chi connectivity index (χ1v) is 8.22. The molecule has 2 aromatic carbocycles. The second-order valence-corrected chi connectivity index (χ2v) is 6.92. The molecule has 1 N–H and O–H groups in total. The number of aryl methyl sites for hydroxylation is 3. The Balaban J connectivity index is 2.03. The molecule has 2 aromatic rings. The number of anilines is 1. The molecule has 1 saturated carbocycles. The molecule has 0 bridgehead atoms. The Morgan fingerprint density at radius 2 is 1.61 bits per heavy atom. The standard InChI is InChI=1S/C20H21NO2/c1-11-6-14-9-20(23)21(15-4-5-15)18-10-19(22)13(3)8-17(18)16(14)7-12(11)2/h6-8,10,15,22H,4-5,9H2,1-3H3. The molecule has 1 aliphatic heterocycles. The minimum atomic E-state index is 0.138. The summed E-state index contributed by atoms with van der Waals surface area (Å²) in [6.07, 6.45) is 2.53. The van der Waals surface area contributed by atoms with Gasteiger partial charge in [0, 0.05) is 17.7 Å². The molecule has 0 aromatic heterocycles. The zero-order chi connectivity index (χ0) is 16.3. The number of aromatic hydroxyl groups is 1. The van der Waals surface area contributed by atoms with Gasteiger partial charge in [0.1, 0.15) is 5.75 Å². The zero-order valence-corrected chi connectivity index (χ0v) is 13.8. The van der Waals surface area contributed by atoms with Crippen LogP contribution >= 0.6 is 0 Å². The molecule has 1 heterocycles. The van der Waals surface area contributed by atoms with Crippen molar-refractivity contribution in [1.82, 2.24) is 0 Å². The van der Waals surface area contributed by atoms with Gasteiger partial charge in [-0.15, -0.1) is 0 Å². The van der Waals surface area contributed by atoms with E-state index in [0.29, 0.717) is 12.5 Å². The fraction of sp³-hybridized carbons (Fsp3) is 0.350. The lowest BCUT2D eigenvalue weighted by molar-refractivity contribution is -0.118. The number of carbonyl (C=O) groups is 1. The fourth-order valence-corrected chi connectivity index (χ4v) is 3.49. The lowest BCUT2D eigenvalue weighted by Crippen LogP contribution is -2.33. The number of hydrogen-bond donors (Lipinski definition) is 1. The Bertz CT molecular complexity index is 834. The van der Waals surface area contributed by atoms with Crippen LogP contribution in [0.3, 0.4) is 0 Å². The van der Waals surface area contributed by atoms with E-state index in [9.17, 15) is 9.90 Å². The zero-order valence-electron chi connectivity index (χ0n) is 13.8. The number of hydrogen-bond acceptors (Lipinski definition) is 2. The average molecular weight is 307 g/mol. The number of benzene rings is 2. The minimum absolute atomic E-state index is 0.138. The van der Waals surface area contributed by atoms with Crippen LogP contribution in [-0.2, 0) is 11.2 Å². The summed E-state index contributed by atoms with van der Waals surface area (Å²) in [6.45, 7) is 6.10. The van der Waals surface area contributed by atoms with Crippen molar-refractivity contribution < 1.29 is 9.90 Å². The topological polar surface area (TPSA) is 40.5 Å². The van der Waals surface area contributed by atoms with Gasteiger partial charge in [-0.3, -0.25) is 4.79 Å². The number of rotatable bonds is 1. The van der Waals surface area contributed by atoms with Crippen molar-refractivity contribution in [1.29, 1.82) is 0 Å². The van der Waals surface area contributed by atoms with Gasteiger partial charge in [0.25, 0.3) is 0 Å². The Labute approximate surface area is 136 Å². The molecule has 2 aliphatic rings. The highest BCUT2D eigenvalue weighted by atomic mass is 16.3. The molecule has 1 amide bonds. The summed E-state index contributed by atoms with van der Waals surface area (Å²) in [5.74, 6) is 0.397. The molecular weight excluding hydrogens is 286 g/mol. The van der Waals surface area contributed by atoms with Gasteiger partial charge in [0.2, 0.25) is 5.91 Å². The monoisotopic (exact) mass is 307 g/mol. The summed E-state index contributed by atoms with van der Waals surface area (Å²) in [4.78, 5) is 14.8. The number of amides is 1. The summed E-state index contributed by atoms with van der Waals surface area (Å²) in [6, 6.07) is 8.41. The number of nitrogens with zero attached hydrogens (tertiary/aromatic N) is 1. The van der Waals surface area contributed by atoms with Gasteiger partial charge in [-0.25, -0.2) is 0 Å². The van der Waals surface area contributed by atoms with Crippen LogP contribution in [0.2, 0.25) is 0 Å². The van der Waals surface area contributed by atoms with Crippen LogP contribution in [-0.4, -0.2) is 17.1 Å². The molecule has 0 saturated heterocycles. The summed E-state index contributed by atoms with van der Waals surface area (Å²) >= 11 is 0. The highest BCUT2D eigenvalue weighted by molar-refractivity contribution is 6.04. The summed E-state index contributed by atoms with van der Waals surface area (Å²) in [7, 11) is 0. The van der Waals surface area contributed by atoms with E-state index in [1.54, 1.807) is 6.07 Å². The Morgan fingerprint density at radius 1 is 0.957 bits per heavy atom. The third-order valence-corrected chi connectivity index (χ3v) is 5.11. The Morgan fingerprint density at radius 3 is 2.30 bits per heavy atom. The molecule has 3 nitrogen and oxygen atoms in total. The van der Waals surface area contributed by atoms with E-state index in [-0.39, 0.29) is 11.7 Å². The largest absolute Gasteiger partial charge is 0.508 e. The molecular formula is C20H21NO2. The van der Waals surface area contributed by atoms with Crippen molar-refractivity contribution >= 4 is 11.6 Å². The van der Waals surface area contributed by atoms with Crippen molar-refractivity contribution in [3.05, 3.63) is 46.5 Å². The van der Waals surface area contributed by atoms with Crippen LogP contribution < -0.4 is 4.90 Å². The molecule has 0 atom stereocenters. The van der Waals surface area contributed by atoms with Gasteiger partial charge >= 0.3 is 0 Å². The first kappa shape index (κ1) is 14.3. The predicted molar refractivity (Wildman–Crippen MR) is 92.0 cm³/mol. The van der Waals surface area contributed by atoms with Gasteiger partial charge in [-0.2, -0.15) is 0 Å². The molecule has 3 heteroatoms. The molecule has 4 rings (SSSR count). The number of phenols is 1. The third kappa shape index (κ3) is 2.23. The molecule has 0 spiro atoms. The van der Waals surface area contributed by atoms with Gasteiger partial charge in [0.05, 0.1) is 12.1 Å². The molecule has 23 heavy (non-hydrogen) atoms. The number of phenolic OH excluding ortho intramolecular Hbond substituents is 1. The molecule has 0 unspecified atom stereocenters. The SMILES string of the molecule is Cc1cc2c(cc1C)-c1cc(C)c(O)cc1N(C1CC1)C(=O)C2. The quantitative estimate of drug-likeness (QED) is 0.864. The van der Waals surface area contributed by atoms with Crippen LogP contribution in [0, 0.1) is 20.8 Å². The van der Waals surface area contributed by atoms with E-state index >= 15 is 0 Å². The van der Waals surface area contributed by atoms with Crippen molar-refractivity contribution in [3.8, 4) is 16.9 Å². The maximum atomic E-state index is 12.9. The van der Waals surface area contributed by atoms with Crippen LogP contribution in [0.25, 0.3) is 11.1 Å². The van der Waals surface area contributed by atoms with Crippen molar-refractivity contribution in [3.63, 3.8) is 0 Å². The van der Waals surface area contributed by atoms with E-state index in [2.05, 4.69) is 26.0 Å². The smallest absolute Gasteiger partial charge is 0.231 e. The summed E-state index contributed by atoms with van der Waals surface area (Å²) in [5, 5.41) is 10.2. The summed E-state index contributed by atoms with van der Waals surface area (Å²) < 4.78 is 0. The molecule has 0 radical (unpaired) electrons. The van der Waals surface area contributed by atoms with Crippen LogP contribution in [0.1, 0.15) is 35.1 Å². The van der Waals surface area contributed by atoms with E-state index in [0.717, 1.165) is 40.8 Å². The summed E-state index contributed by atoms with van der Waals surface area (Å²) in [5.41, 5.74) is 7.44.